The zero-order valence-electron chi connectivity index (χ0n) is 11.0. The number of rotatable bonds is 4. The molecule has 2 rings (SSSR count). The van der Waals surface area contributed by atoms with Crippen LogP contribution in [0.25, 0.3) is 0 Å². The van der Waals surface area contributed by atoms with E-state index in [0.717, 1.165) is 5.56 Å². The Kier molecular flexibility index (Phi) is 3.76. The number of nitrogens with two attached hydrogens (primary N) is 1. The molecule has 0 saturated heterocycles. The van der Waals surface area contributed by atoms with Gasteiger partial charge >= 0.3 is 0 Å². The number of anilines is 1. The van der Waals surface area contributed by atoms with Gasteiger partial charge in [0.05, 0.1) is 16.6 Å². The number of hydrogen-bond acceptors (Lipinski definition) is 7. The summed E-state index contributed by atoms with van der Waals surface area (Å²) in [5.41, 5.74) is 3.75. The molecule has 8 heteroatoms. The molecular formula is C12H13N5O3. The molecule has 0 atom stereocenters. The molecule has 0 spiro atoms. The highest BCUT2D eigenvalue weighted by atomic mass is 16.6. The summed E-state index contributed by atoms with van der Waals surface area (Å²) in [4.78, 5) is 18.2. The average molecular weight is 275 g/mol. The SMILES string of the molecule is Cc1ccc([N+](=O)[O-])cc1Oc1ncnc(NN)c1C. The van der Waals surface area contributed by atoms with E-state index in [2.05, 4.69) is 15.4 Å². The first-order valence-electron chi connectivity index (χ1n) is 5.74. The molecule has 2 aromatic rings. The molecule has 0 fully saturated rings. The molecule has 0 unspecified atom stereocenters. The Hall–Kier alpha value is -2.74. The lowest BCUT2D eigenvalue weighted by Crippen LogP contribution is -2.11. The lowest BCUT2D eigenvalue weighted by Gasteiger charge is -2.11. The van der Waals surface area contributed by atoms with Crippen LogP contribution >= 0.6 is 0 Å². The number of hydrazine groups is 1. The maximum Gasteiger partial charge on any atom is 0.273 e. The van der Waals surface area contributed by atoms with Crippen molar-refractivity contribution in [3.8, 4) is 11.6 Å². The van der Waals surface area contributed by atoms with Crippen LogP contribution in [-0.2, 0) is 0 Å². The molecule has 0 saturated carbocycles. The molecule has 20 heavy (non-hydrogen) atoms. The van der Waals surface area contributed by atoms with Gasteiger partial charge in [0.2, 0.25) is 5.88 Å². The van der Waals surface area contributed by atoms with E-state index in [4.69, 9.17) is 10.6 Å². The average Bonchev–Trinajstić information content (AvgIpc) is 2.43. The number of benzene rings is 1. The maximum absolute atomic E-state index is 10.8. The van der Waals surface area contributed by atoms with Gasteiger partial charge in [0.15, 0.2) is 0 Å². The smallest absolute Gasteiger partial charge is 0.273 e. The first-order valence-corrected chi connectivity index (χ1v) is 5.74. The van der Waals surface area contributed by atoms with Gasteiger partial charge in [-0.15, -0.1) is 0 Å². The van der Waals surface area contributed by atoms with Crippen molar-refractivity contribution in [2.45, 2.75) is 13.8 Å². The van der Waals surface area contributed by atoms with Crippen LogP contribution in [0, 0.1) is 24.0 Å². The fourth-order valence-corrected chi connectivity index (χ4v) is 1.60. The number of non-ortho nitro benzene ring substituents is 1. The molecule has 0 aliphatic heterocycles. The topological polar surface area (TPSA) is 116 Å². The summed E-state index contributed by atoms with van der Waals surface area (Å²) in [5.74, 6) is 6.40. The number of nitro benzene ring substituents is 1. The van der Waals surface area contributed by atoms with Crippen molar-refractivity contribution in [2.75, 3.05) is 5.43 Å². The Morgan fingerprint density at radius 1 is 1.35 bits per heavy atom. The summed E-state index contributed by atoms with van der Waals surface area (Å²) in [7, 11) is 0. The van der Waals surface area contributed by atoms with Gasteiger partial charge in [0, 0.05) is 6.07 Å². The minimum Gasteiger partial charge on any atom is -0.438 e. The van der Waals surface area contributed by atoms with E-state index in [0.29, 0.717) is 17.1 Å². The third-order valence-corrected chi connectivity index (χ3v) is 2.76. The second-order valence-corrected chi connectivity index (χ2v) is 4.11. The molecule has 0 radical (unpaired) electrons. The number of nitro groups is 1. The summed E-state index contributed by atoms with van der Waals surface area (Å²) >= 11 is 0. The van der Waals surface area contributed by atoms with E-state index in [9.17, 15) is 10.1 Å². The van der Waals surface area contributed by atoms with Crippen LogP contribution < -0.4 is 16.0 Å². The van der Waals surface area contributed by atoms with Gasteiger partial charge in [-0.3, -0.25) is 10.1 Å². The predicted octanol–water partition coefficient (Wildman–Crippen LogP) is 2.08. The fraction of sp³-hybridized carbons (Fsp3) is 0.167. The molecule has 8 nitrogen and oxygen atoms in total. The summed E-state index contributed by atoms with van der Waals surface area (Å²) in [6.45, 7) is 3.52. The van der Waals surface area contributed by atoms with Crippen LogP contribution in [0.4, 0.5) is 11.5 Å². The van der Waals surface area contributed by atoms with Crippen LogP contribution in [0.3, 0.4) is 0 Å². The zero-order chi connectivity index (χ0) is 14.7. The van der Waals surface area contributed by atoms with Crippen molar-refractivity contribution in [3.05, 3.63) is 45.8 Å². The first kappa shape index (κ1) is 13.7. The number of ether oxygens (including phenoxy) is 1. The lowest BCUT2D eigenvalue weighted by atomic mass is 10.2. The highest BCUT2D eigenvalue weighted by Crippen LogP contribution is 2.30. The molecule has 1 aromatic carbocycles. The number of nitrogens with one attached hydrogen (secondary N) is 1. The van der Waals surface area contributed by atoms with Crippen molar-refractivity contribution >= 4 is 11.5 Å². The number of nitrogens with zero attached hydrogens (tertiary/aromatic N) is 3. The van der Waals surface area contributed by atoms with Gasteiger partial charge in [-0.05, 0) is 25.5 Å². The number of nitrogen functional groups attached to an aromatic ring is 1. The Morgan fingerprint density at radius 3 is 2.75 bits per heavy atom. The van der Waals surface area contributed by atoms with E-state index in [1.54, 1.807) is 19.9 Å². The number of aromatic nitrogens is 2. The molecule has 104 valence electrons. The maximum atomic E-state index is 10.8. The molecule has 3 N–H and O–H groups in total. The van der Waals surface area contributed by atoms with Gasteiger partial charge in [-0.1, -0.05) is 0 Å². The van der Waals surface area contributed by atoms with Crippen LogP contribution in [0.5, 0.6) is 11.6 Å². The van der Waals surface area contributed by atoms with E-state index < -0.39 is 4.92 Å². The first-order chi connectivity index (χ1) is 9.52. The van der Waals surface area contributed by atoms with Gasteiger partial charge < -0.3 is 10.2 Å². The highest BCUT2D eigenvalue weighted by Gasteiger charge is 2.13. The van der Waals surface area contributed by atoms with E-state index in [1.807, 2.05) is 0 Å². The van der Waals surface area contributed by atoms with Crippen LogP contribution in [0.15, 0.2) is 24.5 Å². The summed E-state index contributed by atoms with van der Waals surface area (Å²) in [6, 6.07) is 4.39. The van der Waals surface area contributed by atoms with Crippen molar-refractivity contribution in [1.29, 1.82) is 0 Å². The van der Waals surface area contributed by atoms with Gasteiger partial charge in [0.25, 0.3) is 5.69 Å². The van der Waals surface area contributed by atoms with E-state index >= 15 is 0 Å². The molecule has 0 bridgehead atoms. The molecule has 0 aliphatic carbocycles. The largest absolute Gasteiger partial charge is 0.438 e. The summed E-state index contributed by atoms with van der Waals surface area (Å²) in [6.07, 6.45) is 1.30. The van der Waals surface area contributed by atoms with Gasteiger partial charge in [-0.2, -0.15) is 0 Å². The van der Waals surface area contributed by atoms with Crippen molar-refractivity contribution in [1.82, 2.24) is 9.97 Å². The number of aryl methyl sites for hydroxylation is 1. The zero-order valence-corrected chi connectivity index (χ0v) is 11.0. The Balaban J connectivity index is 2.39. The third kappa shape index (κ3) is 2.64. The second kappa shape index (κ2) is 5.49. The predicted molar refractivity (Wildman–Crippen MR) is 72.5 cm³/mol. The monoisotopic (exact) mass is 275 g/mol. The van der Waals surface area contributed by atoms with Crippen LogP contribution in [0.2, 0.25) is 0 Å². The Morgan fingerprint density at radius 2 is 2.10 bits per heavy atom. The summed E-state index contributed by atoms with van der Waals surface area (Å²) in [5, 5.41) is 10.8. The van der Waals surface area contributed by atoms with Crippen molar-refractivity contribution in [2.24, 2.45) is 5.84 Å². The third-order valence-electron chi connectivity index (χ3n) is 2.76. The minimum atomic E-state index is -0.480. The Labute approximate surface area is 114 Å². The quantitative estimate of drug-likeness (QED) is 0.498. The van der Waals surface area contributed by atoms with Gasteiger partial charge in [0.1, 0.15) is 17.9 Å². The normalized spacial score (nSPS) is 10.2. The van der Waals surface area contributed by atoms with Crippen LogP contribution in [0.1, 0.15) is 11.1 Å². The summed E-state index contributed by atoms with van der Waals surface area (Å²) < 4.78 is 5.62. The fourth-order valence-electron chi connectivity index (χ4n) is 1.60. The molecular weight excluding hydrogens is 262 g/mol. The minimum absolute atomic E-state index is 0.0468. The highest BCUT2D eigenvalue weighted by molar-refractivity contribution is 5.50. The van der Waals surface area contributed by atoms with Crippen LogP contribution in [-0.4, -0.2) is 14.9 Å². The lowest BCUT2D eigenvalue weighted by molar-refractivity contribution is -0.384. The van der Waals surface area contributed by atoms with Crippen molar-refractivity contribution < 1.29 is 9.66 Å². The molecule has 1 heterocycles. The Bertz CT molecular complexity index is 660. The van der Waals surface area contributed by atoms with Crippen molar-refractivity contribution in [3.63, 3.8) is 0 Å². The molecule has 0 amide bonds. The van der Waals surface area contributed by atoms with E-state index in [-0.39, 0.29) is 11.6 Å². The standard InChI is InChI=1S/C12H13N5O3/c1-7-3-4-9(17(18)19)5-10(7)20-12-8(2)11(16-13)14-6-15-12/h3-6H,13H2,1-2H3,(H,14,15,16). The molecule has 1 aromatic heterocycles. The van der Waals surface area contributed by atoms with E-state index in [1.165, 1.54) is 18.5 Å². The second-order valence-electron chi connectivity index (χ2n) is 4.11. The molecule has 0 aliphatic rings. The van der Waals surface area contributed by atoms with Gasteiger partial charge in [-0.25, -0.2) is 15.8 Å². The number of hydrogen-bond donors (Lipinski definition) is 2.